The molecule has 0 unspecified atom stereocenters. The van der Waals surface area contributed by atoms with Crippen LogP contribution in [0.5, 0.6) is 0 Å². The van der Waals surface area contributed by atoms with Crippen molar-refractivity contribution in [3.05, 3.63) is 36.2 Å². The second-order valence-corrected chi connectivity index (χ2v) is 5.52. The van der Waals surface area contributed by atoms with E-state index in [2.05, 4.69) is 38.0 Å². The molecule has 0 bridgehead atoms. The summed E-state index contributed by atoms with van der Waals surface area (Å²) in [4.78, 5) is 15.7. The van der Waals surface area contributed by atoms with Crippen molar-refractivity contribution in [2.24, 2.45) is 17.8 Å². The van der Waals surface area contributed by atoms with E-state index in [1.807, 2.05) is 12.1 Å². The Bertz CT molecular complexity index is 402. The van der Waals surface area contributed by atoms with E-state index in [1.54, 1.807) is 24.5 Å². The van der Waals surface area contributed by atoms with E-state index in [9.17, 15) is 4.79 Å². The second-order valence-electron chi connectivity index (χ2n) is 5.52. The van der Waals surface area contributed by atoms with Gasteiger partial charge >= 0.3 is 0 Å². The Morgan fingerprint density at radius 1 is 1.32 bits per heavy atom. The third-order valence-electron chi connectivity index (χ3n) is 3.34. The summed E-state index contributed by atoms with van der Waals surface area (Å²) >= 11 is 0. The van der Waals surface area contributed by atoms with Gasteiger partial charge in [-0.25, -0.2) is 0 Å². The van der Waals surface area contributed by atoms with E-state index in [4.69, 9.17) is 0 Å². The maximum atomic E-state index is 11.7. The van der Waals surface area contributed by atoms with Crippen LogP contribution in [-0.4, -0.2) is 17.4 Å². The van der Waals surface area contributed by atoms with Crippen LogP contribution in [0.3, 0.4) is 0 Å². The summed E-state index contributed by atoms with van der Waals surface area (Å²) in [5.74, 6) is 1.61. The molecule has 0 saturated carbocycles. The molecule has 0 radical (unpaired) electrons. The van der Waals surface area contributed by atoms with Crippen molar-refractivity contribution in [3.63, 3.8) is 0 Å². The Hall–Kier alpha value is -1.64. The lowest BCUT2D eigenvalue weighted by Crippen LogP contribution is -2.32. The molecule has 1 aromatic heterocycles. The summed E-state index contributed by atoms with van der Waals surface area (Å²) in [5.41, 5.74) is 0.932. The van der Waals surface area contributed by atoms with E-state index < -0.39 is 0 Å². The fourth-order valence-corrected chi connectivity index (χ4v) is 2.17. The summed E-state index contributed by atoms with van der Waals surface area (Å²) in [6.45, 7) is 9.51. The van der Waals surface area contributed by atoms with Crippen LogP contribution in [0.15, 0.2) is 30.6 Å². The molecule has 1 aromatic rings. The minimum atomic E-state index is -0.0462. The molecule has 0 atom stereocenters. The Balaban J connectivity index is 2.45. The zero-order valence-corrected chi connectivity index (χ0v) is 12.3. The first-order valence-corrected chi connectivity index (χ1v) is 6.86. The fourth-order valence-electron chi connectivity index (χ4n) is 2.17. The molecule has 0 aromatic carbocycles. The minimum absolute atomic E-state index is 0.0462. The van der Waals surface area contributed by atoms with Gasteiger partial charge in [-0.15, -0.1) is 0 Å². The number of carbonyl (C=O) groups is 1. The molecule has 0 saturated heterocycles. The highest BCUT2D eigenvalue weighted by molar-refractivity contribution is 5.91. The topological polar surface area (TPSA) is 42.0 Å². The lowest BCUT2D eigenvalue weighted by Gasteiger charge is -2.24. The predicted molar refractivity (Wildman–Crippen MR) is 79.4 cm³/mol. The summed E-state index contributed by atoms with van der Waals surface area (Å²) in [6, 6.07) is 3.77. The van der Waals surface area contributed by atoms with E-state index in [1.165, 1.54) is 0 Å². The maximum absolute atomic E-state index is 11.7. The zero-order valence-electron chi connectivity index (χ0n) is 12.3. The molecule has 0 aliphatic heterocycles. The van der Waals surface area contributed by atoms with Gasteiger partial charge in [-0.05, 0) is 35.5 Å². The van der Waals surface area contributed by atoms with Crippen molar-refractivity contribution in [3.8, 4) is 0 Å². The number of nitrogens with zero attached hydrogens (tertiary/aromatic N) is 1. The van der Waals surface area contributed by atoms with Gasteiger partial charge in [0, 0.05) is 25.0 Å². The first-order chi connectivity index (χ1) is 9.00. The van der Waals surface area contributed by atoms with E-state index >= 15 is 0 Å². The Morgan fingerprint density at radius 2 is 2.00 bits per heavy atom. The lowest BCUT2D eigenvalue weighted by atomic mass is 9.85. The van der Waals surface area contributed by atoms with Crippen molar-refractivity contribution >= 4 is 12.0 Å². The van der Waals surface area contributed by atoms with Crippen LogP contribution in [0, 0.1) is 17.8 Å². The molecular weight excluding hydrogens is 236 g/mol. The van der Waals surface area contributed by atoms with Gasteiger partial charge in [-0.2, -0.15) is 0 Å². The van der Waals surface area contributed by atoms with E-state index in [0.717, 1.165) is 12.1 Å². The van der Waals surface area contributed by atoms with Gasteiger partial charge in [0.25, 0.3) is 0 Å². The number of pyridine rings is 1. The van der Waals surface area contributed by atoms with Crippen LogP contribution in [0.4, 0.5) is 0 Å². The van der Waals surface area contributed by atoms with Crippen molar-refractivity contribution < 1.29 is 4.79 Å². The Morgan fingerprint density at radius 3 is 2.53 bits per heavy atom. The number of hydrogen-bond acceptors (Lipinski definition) is 2. The quantitative estimate of drug-likeness (QED) is 0.798. The molecule has 0 spiro atoms. The highest BCUT2D eigenvalue weighted by Crippen LogP contribution is 2.19. The molecule has 1 rings (SSSR count). The first-order valence-electron chi connectivity index (χ1n) is 6.86. The summed E-state index contributed by atoms with van der Waals surface area (Å²) in [7, 11) is 0. The predicted octanol–water partition coefficient (Wildman–Crippen LogP) is 3.14. The number of amides is 1. The number of hydrogen-bond donors (Lipinski definition) is 1. The molecule has 3 nitrogen and oxygen atoms in total. The summed E-state index contributed by atoms with van der Waals surface area (Å²) < 4.78 is 0. The average molecular weight is 260 g/mol. The Kier molecular flexibility index (Phi) is 6.26. The van der Waals surface area contributed by atoms with Gasteiger partial charge < -0.3 is 5.32 Å². The highest BCUT2D eigenvalue weighted by atomic mass is 16.1. The average Bonchev–Trinajstić information content (AvgIpc) is 2.37. The van der Waals surface area contributed by atoms with Gasteiger partial charge in [-0.3, -0.25) is 9.78 Å². The van der Waals surface area contributed by atoms with Crippen LogP contribution >= 0.6 is 0 Å². The molecule has 1 heterocycles. The van der Waals surface area contributed by atoms with Crippen LogP contribution in [0.25, 0.3) is 6.08 Å². The molecule has 19 heavy (non-hydrogen) atoms. The Labute approximate surface area is 116 Å². The molecule has 3 heteroatoms. The van der Waals surface area contributed by atoms with Gasteiger partial charge in [0.05, 0.1) is 0 Å². The van der Waals surface area contributed by atoms with Gasteiger partial charge in [-0.1, -0.05) is 33.8 Å². The van der Waals surface area contributed by atoms with Crippen LogP contribution in [0.2, 0.25) is 0 Å². The number of aromatic nitrogens is 1. The third kappa shape index (κ3) is 5.69. The standard InChI is InChI=1S/C16H24N2O/c1-12(2)15(13(3)4)11-18-16(19)8-7-14-6-5-9-17-10-14/h5-10,12-13,15H,11H2,1-4H3,(H,18,19)/b8-7+. The molecule has 0 fully saturated rings. The number of nitrogens with one attached hydrogen (secondary N) is 1. The molecule has 104 valence electrons. The zero-order chi connectivity index (χ0) is 14.3. The molecule has 0 aliphatic rings. The lowest BCUT2D eigenvalue weighted by molar-refractivity contribution is -0.116. The van der Waals surface area contributed by atoms with Gasteiger partial charge in [0.2, 0.25) is 5.91 Å². The van der Waals surface area contributed by atoms with Crippen molar-refractivity contribution in [2.45, 2.75) is 27.7 Å². The smallest absolute Gasteiger partial charge is 0.244 e. The van der Waals surface area contributed by atoms with E-state index in [-0.39, 0.29) is 5.91 Å². The van der Waals surface area contributed by atoms with Crippen molar-refractivity contribution in [2.75, 3.05) is 6.54 Å². The summed E-state index contributed by atoms with van der Waals surface area (Å²) in [5, 5.41) is 2.97. The molecule has 0 aliphatic carbocycles. The minimum Gasteiger partial charge on any atom is -0.352 e. The first kappa shape index (κ1) is 15.4. The number of rotatable bonds is 6. The van der Waals surface area contributed by atoms with Crippen molar-refractivity contribution in [1.29, 1.82) is 0 Å². The van der Waals surface area contributed by atoms with Crippen LogP contribution in [-0.2, 0) is 4.79 Å². The molecular formula is C16H24N2O. The van der Waals surface area contributed by atoms with Crippen LogP contribution in [0.1, 0.15) is 33.3 Å². The largest absolute Gasteiger partial charge is 0.352 e. The summed E-state index contributed by atoms with van der Waals surface area (Å²) in [6.07, 6.45) is 6.79. The van der Waals surface area contributed by atoms with Crippen LogP contribution < -0.4 is 5.32 Å². The van der Waals surface area contributed by atoms with Crippen molar-refractivity contribution in [1.82, 2.24) is 10.3 Å². The maximum Gasteiger partial charge on any atom is 0.244 e. The normalized spacial score (nSPS) is 11.7. The molecule has 1 N–H and O–H groups in total. The molecule has 1 amide bonds. The third-order valence-corrected chi connectivity index (χ3v) is 3.34. The van der Waals surface area contributed by atoms with Gasteiger partial charge in [0.15, 0.2) is 0 Å². The monoisotopic (exact) mass is 260 g/mol. The fraction of sp³-hybridized carbons (Fsp3) is 0.500. The highest BCUT2D eigenvalue weighted by Gasteiger charge is 2.17. The van der Waals surface area contributed by atoms with E-state index in [0.29, 0.717) is 17.8 Å². The number of carbonyl (C=O) groups excluding carboxylic acids is 1. The van der Waals surface area contributed by atoms with Gasteiger partial charge in [0.1, 0.15) is 0 Å². The SMILES string of the molecule is CC(C)C(CNC(=O)/C=C/c1cccnc1)C(C)C. The second kappa shape index (κ2) is 7.72.